The number of pyridine rings is 1. The number of nitrogens with zero attached hydrogens (tertiary/aromatic N) is 1. The highest BCUT2D eigenvalue weighted by Gasteiger charge is 2.52. The van der Waals surface area contributed by atoms with Crippen molar-refractivity contribution in [1.82, 2.24) is 4.98 Å². The third kappa shape index (κ3) is 2.09. The van der Waals surface area contributed by atoms with Crippen molar-refractivity contribution < 1.29 is 13.7 Å². The van der Waals surface area contributed by atoms with Gasteiger partial charge in [-0.15, -0.1) is 0 Å². The van der Waals surface area contributed by atoms with Crippen molar-refractivity contribution in [3.8, 4) is 0 Å². The van der Waals surface area contributed by atoms with E-state index in [1.54, 1.807) is 13.0 Å². The van der Waals surface area contributed by atoms with Gasteiger partial charge in [-0.25, -0.2) is 4.39 Å². The van der Waals surface area contributed by atoms with Crippen LogP contribution in [0.15, 0.2) is 12.1 Å². The molecule has 2 heterocycles. The van der Waals surface area contributed by atoms with Crippen LogP contribution >= 0.6 is 0 Å². The van der Waals surface area contributed by atoms with E-state index in [0.717, 1.165) is 0 Å². The molecule has 3 nitrogen and oxygen atoms in total. The minimum atomic E-state index is -0.528. The van der Waals surface area contributed by atoms with Gasteiger partial charge in [-0.3, -0.25) is 4.98 Å². The van der Waals surface area contributed by atoms with E-state index in [-0.39, 0.29) is 5.82 Å². The highest BCUT2D eigenvalue weighted by molar-refractivity contribution is 6.61. The molecule has 1 aliphatic rings. The maximum absolute atomic E-state index is 13.1. The van der Waals surface area contributed by atoms with Crippen molar-refractivity contribution in [2.24, 2.45) is 0 Å². The van der Waals surface area contributed by atoms with Crippen molar-refractivity contribution in [2.45, 2.75) is 45.8 Å². The first-order valence-corrected chi connectivity index (χ1v) is 5.72. The first kappa shape index (κ1) is 12.5. The Morgan fingerprint density at radius 3 is 2.12 bits per heavy atom. The third-order valence-corrected chi connectivity index (χ3v) is 3.54. The smallest absolute Gasteiger partial charge is 0.398 e. The standard InChI is InChI=1S/C12H17BFNO2/c1-8-9(14)6-7-10(15-8)13-16-11(2,3)12(4,5)17-13/h6-7H,1-5H3. The molecule has 1 aromatic heterocycles. The first-order chi connectivity index (χ1) is 7.73. The second-order valence-corrected chi connectivity index (χ2v) is 5.39. The van der Waals surface area contributed by atoms with Crippen LogP contribution in [0.4, 0.5) is 4.39 Å². The second-order valence-electron chi connectivity index (χ2n) is 5.39. The van der Waals surface area contributed by atoms with E-state index in [1.165, 1.54) is 6.07 Å². The Bertz CT molecular complexity index is 432. The lowest BCUT2D eigenvalue weighted by Gasteiger charge is -2.32. The molecule has 92 valence electrons. The summed E-state index contributed by atoms with van der Waals surface area (Å²) in [4.78, 5) is 4.16. The number of hydrogen-bond acceptors (Lipinski definition) is 3. The van der Waals surface area contributed by atoms with E-state index in [1.807, 2.05) is 27.7 Å². The monoisotopic (exact) mass is 237 g/mol. The molecule has 0 amide bonds. The summed E-state index contributed by atoms with van der Waals surface area (Å²) in [5.41, 5.74) is 0.170. The van der Waals surface area contributed by atoms with Crippen LogP contribution in [0.2, 0.25) is 0 Å². The maximum Gasteiger partial charge on any atom is 0.514 e. The number of aromatic nitrogens is 1. The first-order valence-electron chi connectivity index (χ1n) is 5.72. The number of halogens is 1. The summed E-state index contributed by atoms with van der Waals surface area (Å²) in [5.74, 6) is -0.315. The lowest BCUT2D eigenvalue weighted by Crippen LogP contribution is -2.41. The fourth-order valence-electron chi connectivity index (χ4n) is 1.66. The molecule has 17 heavy (non-hydrogen) atoms. The summed E-state index contributed by atoms with van der Waals surface area (Å²) in [7, 11) is -0.528. The van der Waals surface area contributed by atoms with Gasteiger partial charge >= 0.3 is 7.12 Å². The molecule has 1 fully saturated rings. The molecule has 0 radical (unpaired) electrons. The Labute approximate surface area is 101 Å². The van der Waals surface area contributed by atoms with Crippen molar-refractivity contribution >= 4 is 12.7 Å². The van der Waals surface area contributed by atoms with Crippen LogP contribution in [0.5, 0.6) is 0 Å². The zero-order chi connectivity index (χ0) is 12.8. The van der Waals surface area contributed by atoms with Crippen LogP contribution in [0.25, 0.3) is 0 Å². The molecule has 1 aliphatic heterocycles. The Morgan fingerprint density at radius 2 is 1.65 bits per heavy atom. The van der Waals surface area contributed by atoms with Crippen LogP contribution in [0.1, 0.15) is 33.4 Å². The highest BCUT2D eigenvalue weighted by atomic mass is 19.1. The lowest BCUT2D eigenvalue weighted by molar-refractivity contribution is 0.00578. The van der Waals surface area contributed by atoms with Gasteiger partial charge in [0.05, 0.1) is 22.5 Å². The fourth-order valence-corrected chi connectivity index (χ4v) is 1.66. The fraction of sp³-hybridized carbons (Fsp3) is 0.583. The summed E-state index contributed by atoms with van der Waals surface area (Å²) in [6.45, 7) is 9.53. The minimum Gasteiger partial charge on any atom is -0.398 e. The molecular weight excluding hydrogens is 220 g/mol. The molecular formula is C12H17BFNO2. The number of aryl methyl sites for hydroxylation is 1. The zero-order valence-electron chi connectivity index (χ0n) is 10.9. The van der Waals surface area contributed by atoms with Gasteiger partial charge in [-0.1, -0.05) is 0 Å². The number of rotatable bonds is 1. The molecule has 0 spiro atoms. The van der Waals surface area contributed by atoms with Crippen molar-refractivity contribution in [1.29, 1.82) is 0 Å². The van der Waals surface area contributed by atoms with E-state index in [0.29, 0.717) is 11.3 Å². The SMILES string of the molecule is Cc1nc(B2OC(C)(C)C(C)(C)O2)ccc1F. The predicted octanol–water partition coefficient (Wildman–Crippen LogP) is 1.83. The highest BCUT2D eigenvalue weighted by Crippen LogP contribution is 2.36. The summed E-state index contributed by atoms with van der Waals surface area (Å²) >= 11 is 0. The largest absolute Gasteiger partial charge is 0.514 e. The Balaban J connectivity index is 2.29. The van der Waals surface area contributed by atoms with Gasteiger partial charge < -0.3 is 9.31 Å². The summed E-state index contributed by atoms with van der Waals surface area (Å²) in [6, 6.07) is 2.99. The molecule has 0 saturated carbocycles. The van der Waals surface area contributed by atoms with Gasteiger partial charge in [-0.05, 0) is 46.8 Å². The quantitative estimate of drug-likeness (QED) is 0.698. The molecule has 0 N–H and O–H groups in total. The third-order valence-electron chi connectivity index (χ3n) is 3.54. The van der Waals surface area contributed by atoms with Crippen LogP contribution < -0.4 is 5.59 Å². The lowest BCUT2D eigenvalue weighted by atomic mass is 9.84. The molecule has 2 rings (SSSR count). The van der Waals surface area contributed by atoms with Gasteiger partial charge in [0.25, 0.3) is 0 Å². The number of hydrogen-bond donors (Lipinski definition) is 0. The Morgan fingerprint density at radius 1 is 1.12 bits per heavy atom. The van der Waals surface area contributed by atoms with Crippen LogP contribution in [0, 0.1) is 12.7 Å². The van der Waals surface area contributed by atoms with Gasteiger partial charge in [0, 0.05) is 0 Å². The van der Waals surface area contributed by atoms with Gasteiger partial charge in [0.15, 0.2) is 0 Å². The average Bonchev–Trinajstić information content (AvgIpc) is 2.41. The average molecular weight is 237 g/mol. The summed E-state index contributed by atoms with van der Waals surface area (Å²) in [6.07, 6.45) is 0. The molecule has 0 unspecified atom stereocenters. The maximum atomic E-state index is 13.1. The van der Waals surface area contributed by atoms with E-state index in [4.69, 9.17) is 9.31 Å². The van der Waals surface area contributed by atoms with Gasteiger partial charge in [0.2, 0.25) is 0 Å². The predicted molar refractivity (Wildman–Crippen MR) is 64.6 cm³/mol. The molecule has 0 atom stereocenters. The van der Waals surface area contributed by atoms with Crippen LogP contribution in [-0.4, -0.2) is 23.3 Å². The van der Waals surface area contributed by atoms with Crippen molar-refractivity contribution in [3.05, 3.63) is 23.6 Å². The molecule has 0 bridgehead atoms. The summed E-state index contributed by atoms with van der Waals surface area (Å²) in [5, 5.41) is 0. The van der Waals surface area contributed by atoms with E-state index in [9.17, 15) is 4.39 Å². The Kier molecular flexibility index (Phi) is 2.79. The Hall–Kier alpha value is -0.935. The van der Waals surface area contributed by atoms with Crippen LogP contribution in [0.3, 0.4) is 0 Å². The minimum absolute atomic E-state index is 0.315. The van der Waals surface area contributed by atoms with E-state index < -0.39 is 18.3 Å². The normalized spacial score (nSPS) is 21.9. The van der Waals surface area contributed by atoms with Crippen molar-refractivity contribution in [2.75, 3.05) is 0 Å². The van der Waals surface area contributed by atoms with Crippen molar-refractivity contribution in [3.63, 3.8) is 0 Å². The van der Waals surface area contributed by atoms with Crippen LogP contribution in [-0.2, 0) is 9.31 Å². The topological polar surface area (TPSA) is 31.4 Å². The molecule has 0 aromatic carbocycles. The van der Waals surface area contributed by atoms with E-state index >= 15 is 0 Å². The zero-order valence-corrected chi connectivity index (χ0v) is 10.9. The van der Waals surface area contributed by atoms with E-state index in [2.05, 4.69) is 4.98 Å². The molecule has 1 saturated heterocycles. The summed E-state index contributed by atoms with van der Waals surface area (Å²) < 4.78 is 24.8. The van der Waals surface area contributed by atoms with Gasteiger partial charge in [-0.2, -0.15) is 0 Å². The second kappa shape index (κ2) is 3.78. The molecule has 5 heteroatoms. The molecule has 0 aliphatic carbocycles. The molecule has 1 aromatic rings. The van der Waals surface area contributed by atoms with Gasteiger partial charge in [0.1, 0.15) is 5.82 Å².